The average molecular weight is 490 g/mol. The number of nitrogens with zero attached hydrogens (tertiary/aromatic N) is 2. The fourth-order valence-corrected chi connectivity index (χ4v) is 4.28. The first-order chi connectivity index (χ1) is 17.0. The number of rotatable bonds is 11. The maximum atomic E-state index is 12.3. The van der Waals surface area contributed by atoms with E-state index < -0.39 is 0 Å². The Hall–Kier alpha value is -3.31. The summed E-state index contributed by atoms with van der Waals surface area (Å²) in [4.78, 5) is 17.2. The Morgan fingerprint density at radius 2 is 1.77 bits per heavy atom. The van der Waals surface area contributed by atoms with E-state index in [0.717, 1.165) is 54.8 Å². The third-order valence-corrected chi connectivity index (χ3v) is 6.54. The van der Waals surface area contributed by atoms with Crippen molar-refractivity contribution >= 4 is 28.5 Å². The summed E-state index contributed by atoms with van der Waals surface area (Å²) in [6.07, 6.45) is 3.59. The average Bonchev–Trinajstić information content (AvgIpc) is 3.21. The van der Waals surface area contributed by atoms with Crippen LogP contribution in [0.2, 0.25) is 5.02 Å². The molecule has 0 aliphatic carbocycles. The quantitative estimate of drug-likeness (QED) is 0.244. The molecule has 0 aliphatic rings. The van der Waals surface area contributed by atoms with Gasteiger partial charge >= 0.3 is 0 Å². The standard InChI is InChI=1S/C29H32ClN3O2/c1-21-9-7-12-27(22(21)2)35-20-6-5-19-33-26-11-4-3-10-25(26)32-28(33)13-8-18-31-29(34)23-14-16-24(30)17-15-23/h3-4,7,9-12,14-17H,5-6,8,13,18-20H2,1-2H3,(H,31,34). The molecule has 3 aromatic carbocycles. The number of benzene rings is 3. The van der Waals surface area contributed by atoms with E-state index in [4.69, 9.17) is 21.3 Å². The number of ether oxygens (including phenoxy) is 1. The molecule has 6 heteroatoms. The van der Waals surface area contributed by atoms with Crippen LogP contribution in [0, 0.1) is 13.8 Å². The molecule has 0 saturated heterocycles. The number of aryl methyl sites for hydroxylation is 3. The number of hydrogen-bond acceptors (Lipinski definition) is 3. The van der Waals surface area contributed by atoms with Crippen molar-refractivity contribution in [2.75, 3.05) is 13.2 Å². The van der Waals surface area contributed by atoms with E-state index >= 15 is 0 Å². The smallest absolute Gasteiger partial charge is 0.251 e. The van der Waals surface area contributed by atoms with Crippen molar-refractivity contribution in [2.24, 2.45) is 0 Å². The predicted octanol–water partition coefficient (Wildman–Crippen LogP) is 6.53. The van der Waals surface area contributed by atoms with Crippen LogP contribution < -0.4 is 10.1 Å². The minimum absolute atomic E-state index is 0.0842. The first kappa shape index (κ1) is 24.8. The fraction of sp³-hybridized carbons (Fsp3) is 0.310. The van der Waals surface area contributed by atoms with E-state index in [1.807, 2.05) is 18.2 Å². The van der Waals surface area contributed by atoms with Gasteiger partial charge in [-0.15, -0.1) is 0 Å². The van der Waals surface area contributed by atoms with Gasteiger partial charge in [-0.3, -0.25) is 4.79 Å². The fourth-order valence-electron chi connectivity index (χ4n) is 4.15. The normalized spacial score (nSPS) is 11.1. The zero-order valence-electron chi connectivity index (χ0n) is 20.4. The molecule has 0 radical (unpaired) electrons. The number of aromatic nitrogens is 2. The van der Waals surface area contributed by atoms with Crippen LogP contribution in [0.25, 0.3) is 11.0 Å². The second-order valence-corrected chi connectivity index (χ2v) is 9.22. The summed E-state index contributed by atoms with van der Waals surface area (Å²) in [6.45, 7) is 6.39. The number of imidazole rings is 1. The van der Waals surface area contributed by atoms with Crippen LogP contribution in [0.5, 0.6) is 5.75 Å². The highest BCUT2D eigenvalue weighted by Gasteiger charge is 2.11. The first-order valence-corrected chi connectivity index (χ1v) is 12.6. The molecule has 1 amide bonds. The molecular weight excluding hydrogens is 458 g/mol. The van der Waals surface area contributed by atoms with Crippen LogP contribution in [0.3, 0.4) is 0 Å². The molecule has 0 saturated carbocycles. The Labute approximate surface area is 212 Å². The highest BCUT2D eigenvalue weighted by Crippen LogP contribution is 2.21. The molecule has 5 nitrogen and oxygen atoms in total. The molecule has 4 aromatic rings. The van der Waals surface area contributed by atoms with Crippen molar-refractivity contribution < 1.29 is 9.53 Å². The Balaban J connectivity index is 1.29. The zero-order valence-corrected chi connectivity index (χ0v) is 21.1. The van der Waals surface area contributed by atoms with Crippen LogP contribution in [0.15, 0.2) is 66.7 Å². The molecule has 182 valence electrons. The van der Waals surface area contributed by atoms with E-state index in [2.05, 4.69) is 48.0 Å². The monoisotopic (exact) mass is 489 g/mol. The lowest BCUT2D eigenvalue weighted by Crippen LogP contribution is -2.25. The first-order valence-electron chi connectivity index (χ1n) is 12.2. The predicted molar refractivity (Wildman–Crippen MR) is 142 cm³/mol. The maximum Gasteiger partial charge on any atom is 0.251 e. The Kier molecular flexibility index (Phi) is 8.43. The molecule has 0 atom stereocenters. The third kappa shape index (κ3) is 6.43. The Morgan fingerprint density at radius 1 is 0.971 bits per heavy atom. The van der Waals surface area contributed by atoms with E-state index in [9.17, 15) is 4.79 Å². The van der Waals surface area contributed by atoms with Gasteiger partial charge in [-0.1, -0.05) is 35.9 Å². The lowest BCUT2D eigenvalue weighted by Gasteiger charge is -2.12. The van der Waals surface area contributed by atoms with Gasteiger partial charge in [0.05, 0.1) is 17.6 Å². The molecule has 1 aromatic heterocycles. The molecule has 0 unspecified atom stereocenters. The molecule has 0 aliphatic heterocycles. The van der Waals surface area contributed by atoms with Gasteiger partial charge in [0, 0.05) is 30.1 Å². The number of carbonyl (C=O) groups is 1. The lowest BCUT2D eigenvalue weighted by atomic mass is 10.1. The molecule has 1 N–H and O–H groups in total. The van der Waals surface area contributed by atoms with E-state index in [1.165, 1.54) is 11.1 Å². The molecule has 0 bridgehead atoms. The third-order valence-electron chi connectivity index (χ3n) is 6.29. The number of nitrogens with one attached hydrogen (secondary N) is 1. The second kappa shape index (κ2) is 11.9. The van der Waals surface area contributed by atoms with Crippen molar-refractivity contribution in [3.05, 3.63) is 94.3 Å². The van der Waals surface area contributed by atoms with Crippen LogP contribution in [0.1, 0.15) is 46.6 Å². The molecule has 1 heterocycles. The number of halogens is 1. The Morgan fingerprint density at radius 3 is 2.60 bits per heavy atom. The number of carbonyl (C=O) groups excluding carboxylic acids is 1. The molecule has 0 spiro atoms. The molecule has 0 fully saturated rings. The zero-order chi connectivity index (χ0) is 24.6. The van der Waals surface area contributed by atoms with E-state index in [-0.39, 0.29) is 5.91 Å². The summed E-state index contributed by atoms with van der Waals surface area (Å²) < 4.78 is 8.34. The molecule has 35 heavy (non-hydrogen) atoms. The summed E-state index contributed by atoms with van der Waals surface area (Å²) in [5, 5.41) is 3.61. The summed E-state index contributed by atoms with van der Waals surface area (Å²) in [5.41, 5.74) is 5.24. The lowest BCUT2D eigenvalue weighted by molar-refractivity contribution is 0.0953. The number of unbranched alkanes of at least 4 members (excludes halogenated alkanes) is 1. The number of para-hydroxylation sites is 2. The van der Waals surface area contributed by atoms with Gasteiger partial charge in [-0.05, 0) is 86.7 Å². The van der Waals surface area contributed by atoms with Gasteiger partial charge in [0.2, 0.25) is 0 Å². The van der Waals surface area contributed by atoms with Gasteiger partial charge in [-0.25, -0.2) is 4.98 Å². The van der Waals surface area contributed by atoms with Gasteiger partial charge < -0.3 is 14.6 Å². The van der Waals surface area contributed by atoms with Gasteiger partial charge in [-0.2, -0.15) is 0 Å². The van der Waals surface area contributed by atoms with E-state index in [0.29, 0.717) is 23.7 Å². The summed E-state index contributed by atoms with van der Waals surface area (Å²) >= 11 is 5.90. The van der Waals surface area contributed by atoms with Crippen LogP contribution in [-0.2, 0) is 13.0 Å². The topological polar surface area (TPSA) is 56.1 Å². The Bertz CT molecular complexity index is 1280. The van der Waals surface area contributed by atoms with Crippen molar-refractivity contribution in [3.63, 3.8) is 0 Å². The van der Waals surface area contributed by atoms with Gasteiger partial charge in [0.1, 0.15) is 11.6 Å². The van der Waals surface area contributed by atoms with Gasteiger partial charge in [0.15, 0.2) is 0 Å². The van der Waals surface area contributed by atoms with Crippen LogP contribution in [0.4, 0.5) is 0 Å². The van der Waals surface area contributed by atoms with Crippen LogP contribution >= 0.6 is 11.6 Å². The second-order valence-electron chi connectivity index (χ2n) is 8.79. The highest BCUT2D eigenvalue weighted by atomic mass is 35.5. The van der Waals surface area contributed by atoms with Crippen molar-refractivity contribution in [2.45, 2.75) is 46.1 Å². The van der Waals surface area contributed by atoms with E-state index in [1.54, 1.807) is 24.3 Å². The van der Waals surface area contributed by atoms with Crippen molar-refractivity contribution in [1.82, 2.24) is 14.9 Å². The minimum atomic E-state index is -0.0842. The largest absolute Gasteiger partial charge is 0.493 e. The number of amides is 1. The summed E-state index contributed by atoms with van der Waals surface area (Å²) in [7, 11) is 0. The summed E-state index contributed by atoms with van der Waals surface area (Å²) in [5.74, 6) is 1.95. The van der Waals surface area contributed by atoms with Gasteiger partial charge in [0.25, 0.3) is 5.91 Å². The van der Waals surface area contributed by atoms with Crippen LogP contribution in [-0.4, -0.2) is 28.6 Å². The maximum absolute atomic E-state index is 12.3. The molecular formula is C29H32ClN3O2. The number of fused-ring (bicyclic) bond motifs is 1. The molecule has 4 rings (SSSR count). The minimum Gasteiger partial charge on any atom is -0.493 e. The van der Waals surface area contributed by atoms with Crippen molar-refractivity contribution in [3.8, 4) is 5.75 Å². The highest BCUT2D eigenvalue weighted by molar-refractivity contribution is 6.30. The summed E-state index contributed by atoms with van der Waals surface area (Å²) in [6, 6.07) is 21.4. The SMILES string of the molecule is Cc1cccc(OCCCCn2c(CCCNC(=O)c3ccc(Cl)cc3)nc3ccccc32)c1C. The van der Waals surface area contributed by atoms with Crippen molar-refractivity contribution in [1.29, 1.82) is 0 Å². The number of hydrogen-bond donors (Lipinski definition) is 1.